The van der Waals surface area contributed by atoms with Crippen LogP contribution in [0.5, 0.6) is 0 Å². The quantitative estimate of drug-likeness (QED) is 0.261. The fourth-order valence-corrected chi connectivity index (χ4v) is 0.612. The molecule has 0 aromatic rings. The van der Waals surface area contributed by atoms with Crippen LogP contribution in [0.2, 0.25) is 0 Å². The summed E-state index contributed by atoms with van der Waals surface area (Å²) >= 11 is 0. The van der Waals surface area contributed by atoms with Gasteiger partial charge in [-0.15, -0.1) is 13.2 Å². The normalized spacial score (nSPS) is 12.2. The van der Waals surface area contributed by atoms with E-state index in [4.69, 9.17) is 0 Å². The molecule has 2 unspecified atom stereocenters. The van der Waals surface area contributed by atoms with Crippen molar-refractivity contribution in [1.82, 2.24) is 0 Å². The Morgan fingerprint density at radius 3 is 1.18 bits per heavy atom. The van der Waals surface area contributed by atoms with E-state index in [9.17, 15) is 18.9 Å². The van der Waals surface area contributed by atoms with Crippen molar-refractivity contribution in [3.05, 3.63) is 13.2 Å². The molecule has 0 N–H and O–H groups in total. The zero-order valence-corrected chi connectivity index (χ0v) is 12.5. The molecule has 0 fully saturated rings. The molecular formula is C2H6Na2O5P2. The van der Waals surface area contributed by atoms with Crippen LogP contribution in [-0.2, 0) is 13.4 Å². The summed E-state index contributed by atoms with van der Waals surface area (Å²) < 4.78 is 21.8. The van der Waals surface area contributed by atoms with Gasteiger partial charge < -0.3 is 18.9 Å². The van der Waals surface area contributed by atoms with E-state index in [-0.39, 0.29) is 59.1 Å². The predicted molar refractivity (Wildman–Crippen MR) is 30.3 cm³/mol. The van der Waals surface area contributed by atoms with Crippen LogP contribution in [0.15, 0.2) is 13.2 Å². The third kappa shape index (κ3) is 33.2. The van der Waals surface area contributed by atoms with Crippen LogP contribution in [0, 0.1) is 0 Å². The van der Waals surface area contributed by atoms with E-state index in [1.165, 1.54) is 0 Å². The molecule has 56 valence electrons. The van der Waals surface area contributed by atoms with Gasteiger partial charge in [0.05, 0.1) is 0 Å². The van der Waals surface area contributed by atoms with Gasteiger partial charge in [-0.2, -0.15) is 0 Å². The first-order valence-electron chi connectivity index (χ1n) is 1.72. The summed E-state index contributed by atoms with van der Waals surface area (Å²) in [5.41, 5.74) is 0. The second-order valence-corrected chi connectivity index (χ2v) is 2.42. The van der Waals surface area contributed by atoms with E-state index in [0.717, 1.165) is 0 Å². The van der Waals surface area contributed by atoms with Gasteiger partial charge in [-0.3, -0.25) is 4.31 Å². The van der Waals surface area contributed by atoms with Crippen molar-refractivity contribution >= 4 is 16.5 Å². The maximum Gasteiger partial charge on any atom is 1.00 e. The number of hydrogen-bond donors (Lipinski definition) is 0. The number of rotatable bonds is 2. The van der Waals surface area contributed by atoms with Gasteiger partial charge in [-0.05, 0) is 0 Å². The molecule has 0 aromatic heterocycles. The molecule has 0 saturated carbocycles. The Bertz CT molecular complexity index is 107. The second-order valence-electron chi connectivity index (χ2n) is 0.602. The molecule has 0 aromatic carbocycles. The average Bonchev–Trinajstić information content (AvgIpc) is 1.68. The molecule has 0 bridgehead atoms. The molecule has 0 aliphatic rings. The first-order chi connectivity index (χ1) is 4.13. The van der Waals surface area contributed by atoms with Gasteiger partial charge in [-0.1, -0.05) is 0 Å². The SMILES string of the molecule is C=C.O=[PH]([O-])O[PH](=O)[O-].[Na+].[Na+]. The number of hydrogen-bond acceptors (Lipinski definition) is 5. The van der Waals surface area contributed by atoms with Gasteiger partial charge in [0.25, 0.3) is 0 Å². The van der Waals surface area contributed by atoms with Crippen LogP contribution < -0.4 is 68.9 Å². The van der Waals surface area contributed by atoms with Crippen molar-refractivity contribution in [1.29, 1.82) is 0 Å². The predicted octanol–water partition coefficient (Wildman–Crippen LogP) is -6.69. The van der Waals surface area contributed by atoms with E-state index < -0.39 is 16.5 Å². The standard InChI is InChI=1S/C2H4.2Na.H4O5P2/c1-2;;;1-6(2)5-7(3)4/h1-2H2;;;6-7H,(H,1,2)(H,3,4)/q;2*+1;/p-2. The third-order valence-corrected chi connectivity index (χ3v) is 1.50. The van der Waals surface area contributed by atoms with E-state index in [1.807, 2.05) is 0 Å². The first kappa shape index (κ1) is 23.2. The van der Waals surface area contributed by atoms with Crippen molar-refractivity contribution < 1.29 is 82.3 Å². The summed E-state index contributed by atoms with van der Waals surface area (Å²) in [5, 5.41) is 0. The zero-order chi connectivity index (χ0) is 7.86. The Balaban J connectivity index is -0.0000000564. The van der Waals surface area contributed by atoms with Gasteiger partial charge in [0, 0.05) is 0 Å². The maximum absolute atomic E-state index is 9.29. The molecule has 0 rings (SSSR count). The molecule has 0 saturated heterocycles. The molecule has 11 heavy (non-hydrogen) atoms. The minimum absolute atomic E-state index is 0. The van der Waals surface area contributed by atoms with Crippen LogP contribution >= 0.6 is 16.5 Å². The summed E-state index contributed by atoms with van der Waals surface area (Å²) in [6.45, 7) is 6.00. The monoisotopic (exact) mass is 218 g/mol. The largest absolute Gasteiger partial charge is 1.00 e. The summed E-state index contributed by atoms with van der Waals surface area (Å²) in [5.74, 6) is 0. The van der Waals surface area contributed by atoms with Gasteiger partial charge in [0.1, 0.15) is 16.5 Å². The smallest absolute Gasteiger partial charge is 0.781 e. The molecule has 5 nitrogen and oxygen atoms in total. The van der Waals surface area contributed by atoms with Crippen LogP contribution in [-0.4, -0.2) is 0 Å². The average molecular weight is 218 g/mol. The molecule has 9 heteroatoms. The Morgan fingerprint density at radius 2 is 1.18 bits per heavy atom. The van der Waals surface area contributed by atoms with E-state index in [1.54, 1.807) is 0 Å². The maximum atomic E-state index is 9.29. The van der Waals surface area contributed by atoms with E-state index >= 15 is 0 Å². The third-order valence-electron chi connectivity index (χ3n) is 0.167. The van der Waals surface area contributed by atoms with Gasteiger partial charge >= 0.3 is 59.1 Å². The van der Waals surface area contributed by atoms with Crippen LogP contribution in [0.4, 0.5) is 0 Å². The van der Waals surface area contributed by atoms with E-state index in [2.05, 4.69) is 17.5 Å². The molecule has 0 heterocycles. The summed E-state index contributed by atoms with van der Waals surface area (Å²) in [6, 6.07) is 0. The summed E-state index contributed by atoms with van der Waals surface area (Å²) in [4.78, 5) is 18.6. The fourth-order valence-electron chi connectivity index (χ4n) is 0.0680. The zero-order valence-electron chi connectivity index (χ0n) is 6.46. The molecule has 0 amide bonds. The van der Waals surface area contributed by atoms with Crippen molar-refractivity contribution in [2.24, 2.45) is 0 Å². The van der Waals surface area contributed by atoms with Gasteiger partial charge in [-0.25, -0.2) is 0 Å². The molecular weight excluding hydrogens is 212 g/mol. The molecule has 0 spiro atoms. The van der Waals surface area contributed by atoms with Gasteiger partial charge in [0.2, 0.25) is 0 Å². The van der Waals surface area contributed by atoms with Crippen LogP contribution in [0.25, 0.3) is 0 Å². The Labute approximate surface area is 111 Å². The first-order valence-corrected chi connectivity index (χ1v) is 4.17. The van der Waals surface area contributed by atoms with Crippen LogP contribution in [0.1, 0.15) is 0 Å². The fraction of sp³-hybridized carbons (Fsp3) is 0. The molecule has 0 radical (unpaired) electrons. The Kier molecular flexibility index (Phi) is 37.9. The van der Waals surface area contributed by atoms with Crippen molar-refractivity contribution in [3.8, 4) is 0 Å². The van der Waals surface area contributed by atoms with Crippen molar-refractivity contribution in [2.45, 2.75) is 0 Å². The second kappa shape index (κ2) is 18.0. The molecule has 2 atom stereocenters. The summed E-state index contributed by atoms with van der Waals surface area (Å²) in [6.07, 6.45) is 0. The topological polar surface area (TPSA) is 89.5 Å². The minimum atomic E-state index is -3.51. The van der Waals surface area contributed by atoms with E-state index in [0.29, 0.717) is 0 Å². The molecule has 0 aliphatic heterocycles. The van der Waals surface area contributed by atoms with Crippen molar-refractivity contribution in [3.63, 3.8) is 0 Å². The van der Waals surface area contributed by atoms with Gasteiger partial charge in [0.15, 0.2) is 0 Å². The minimum Gasteiger partial charge on any atom is -0.781 e. The molecule has 0 aliphatic carbocycles. The summed E-state index contributed by atoms with van der Waals surface area (Å²) in [7, 11) is -7.03. The van der Waals surface area contributed by atoms with Crippen LogP contribution in [0.3, 0.4) is 0 Å². The Morgan fingerprint density at radius 1 is 1.00 bits per heavy atom. The van der Waals surface area contributed by atoms with Crippen molar-refractivity contribution in [2.75, 3.05) is 0 Å². The Hall–Kier alpha value is 2.08.